The average molecular weight is 262 g/mol. The van der Waals surface area contributed by atoms with Crippen LogP contribution >= 0.6 is 0 Å². The van der Waals surface area contributed by atoms with Crippen molar-refractivity contribution >= 4 is 11.6 Å². The summed E-state index contributed by atoms with van der Waals surface area (Å²) in [7, 11) is 10.2. The molecule has 0 amide bonds. The number of likely N-dealkylation sites (N-methyl/N-ethyl adjacent to an activating group) is 1. The maximum atomic E-state index is 4.70. The highest BCUT2D eigenvalue weighted by Crippen LogP contribution is 2.14. The zero-order valence-corrected chi connectivity index (χ0v) is 13.0. The Morgan fingerprint density at radius 3 is 2.00 bits per heavy atom. The molecule has 0 heterocycles. The summed E-state index contributed by atoms with van der Waals surface area (Å²) < 4.78 is 0. The monoisotopic (exact) mass is 262 g/mol. The van der Waals surface area contributed by atoms with Gasteiger partial charge in [0.25, 0.3) is 0 Å². The van der Waals surface area contributed by atoms with Crippen LogP contribution in [-0.4, -0.2) is 63.6 Å². The van der Waals surface area contributed by atoms with E-state index in [9.17, 15) is 0 Å². The molecule has 0 aliphatic heterocycles. The van der Waals surface area contributed by atoms with Crippen molar-refractivity contribution in [3.63, 3.8) is 0 Å². The van der Waals surface area contributed by atoms with E-state index in [4.69, 9.17) is 4.99 Å². The van der Waals surface area contributed by atoms with E-state index >= 15 is 0 Å². The molecule has 0 saturated heterocycles. The van der Waals surface area contributed by atoms with Gasteiger partial charge in [-0.1, -0.05) is 18.2 Å². The molecular weight excluding hydrogens is 236 g/mol. The third-order valence-electron chi connectivity index (χ3n) is 3.12. The zero-order chi connectivity index (χ0) is 14.4. The molecule has 19 heavy (non-hydrogen) atoms. The maximum Gasteiger partial charge on any atom is 0.195 e. The molecule has 0 bridgehead atoms. The summed E-state index contributed by atoms with van der Waals surface area (Å²) >= 11 is 0. The van der Waals surface area contributed by atoms with Crippen molar-refractivity contribution in [2.45, 2.75) is 13.0 Å². The molecule has 1 unspecified atom stereocenters. The highest BCUT2D eigenvalue weighted by molar-refractivity contribution is 5.79. The van der Waals surface area contributed by atoms with Gasteiger partial charge < -0.3 is 14.7 Å². The van der Waals surface area contributed by atoms with Crippen LogP contribution in [0.5, 0.6) is 0 Å². The number of guanidine groups is 1. The van der Waals surface area contributed by atoms with Gasteiger partial charge in [-0.3, -0.25) is 4.99 Å². The molecule has 0 fully saturated rings. The molecule has 1 atom stereocenters. The van der Waals surface area contributed by atoms with E-state index in [0.29, 0.717) is 6.04 Å². The summed E-state index contributed by atoms with van der Waals surface area (Å²) in [6.07, 6.45) is 0. The molecular formula is C15H26N4. The number of anilines is 1. The number of rotatable bonds is 4. The first kappa shape index (κ1) is 15.3. The molecule has 0 aromatic heterocycles. The second-order valence-electron chi connectivity index (χ2n) is 5.23. The Morgan fingerprint density at radius 1 is 1.00 bits per heavy atom. The van der Waals surface area contributed by atoms with Crippen molar-refractivity contribution in [2.75, 3.05) is 46.7 Å². The van der Waals surface area contributed by atoms with Gasteiger partial charge in [-0.2, -0.15) is 0 Å². The number of benzene rings is 1. The van der Waals surface area contributed by atoms with Gasteiger partial charge in [0.2, 0.25) is 0 Å². The molecule has 0 saturated carbocycles. The number of nitrogens with zero attached hydrogens (tertiary/aromatic N) is 4. The minimum absolute atomic E-state index is 0.359. The van der Waals surface area contributed by atoms with Gasteiger partial charge in [-0.05, 0) is 19.1 Å². The molecule has 1 rings (SSSR count). The zero-order valence-electron chi connectivity index (χ0n) is 13.0. The van der Waals surface area contributed by atoms with E-state index in [1.54, 1.807) is 0 Å². The Balaban J connectivity index is 2.69. The van der Waals surface area contributed by atoms with Crippen molar-refractivity contribution in [1.29, 1.82) is 0 Å². The van der Waals surface area contributed by atoms with E-state index in [0.717, 1.165) is 12.5 Å². The predicted octanol–water partition coefficient (Wildman–Crippen LogP) is 1.99. The lowest BCUT2D eigenvalue weighted by molar-refractivity contribution is 0.477. The molecule has 1 aromatic rings. The van der Waals surface area contributed by atoms with Gasteiger partial charge >= 0.3 is 0 Å². The smallest absolute Gasteiger partial charge is 0.195 e. The number of aliphatic imine (C=N–C) groups is 1. The molecule has 106 valence electrons. The van der Waals surface area contributed by atoms with E-state index in [1.807, 2.05) is 44.1 Å². The summed E-state index contributed by atoms with van der Waals surface area (Å²) in [6, 6.07) is 10.8. The Labute approximate surface area is 117 Å². The third kappa shape index (κ3) is 4.47. The number of para-hydroxylation sites is 1. The van der Waals surface area contributed by atoms with Crippen molar-refractivity contribution in [1.82, 2.24) is 9.80 Å². The van der Waals surface area contributed by atoms with Crippen LogP contribution in [-0.2, 0) is 0 Å². The Kier molecular flexibility index (Phi) is 5.67. The van der Waals surface area contributed by atoms with Crippen molar-refractivity contribution in [3.05, 3.63) is 30.3 Å². The first-order valence-electron chi connectivity index (χ1n) is 6.60. The third-order valence-corrected chi connectivity index (χ3v) is 3.12. The van der Waals surface area contributed by atoms with Gasteiger partial charge in [0.1, 0.15) is 0 Å². The second kappa shape index (κ2) is 7.02. The van der Waals surface area contributed by atoms with E-state index in [2.05, 4.69) is 43.1 Å². The van der Waals surface area contributed by atoms with Crippen LogP contribution in [0.2, 0.25) is 0 Å². The quantitative estimate of drug-likeness (QED) is 0.612. The van der Waals surface area contributed by atoms with Crippen LogP contribution in [0.15, 0.2) is 35.3 Å². The number of hydrogen-bond acceptors (Lipinski definition) is 2. The van der Waals surface area contributed by atoms with Crippen molar-refractivity contribution in [3.8, 4) is 0 Å². The van der Waals surface area contributed by atoms with E-state index in [-0.39, 0.29) is 0 Å². The van der Waals surface area contributed by atoms with Crippen LogP contribution in [0.25, 0.3) is 0 Å². The molecule has 4 nitrogen and oxygen atoms in total. The fourth-order valence-electron chi connectivity index (χ4n) is 1.94. The molecule has 4 heteroatoms. The van der Waals surface area contributed by atoms with Gasteiger partial charge in [0, 0.05) is 47.0 Å². The van der Waals surface area contributed by atoms with Crippen LogP contribution in [0, 0.1) is 0 Å². The topological polar surface area (TPSA) is 22.1 Å². The maximum absolute atomic E-state index is 4.70. The molecule has 1 aromatic carbocycles. The van der Waals surface area contributed by atoms with Crippen LogP contribution in [0.3, 0.4) is 0 Å². The van der Waals surface area contributed by atoms with Crippen molar-refractivity contribution < 1.29 is 0 Å². The SMILES string of the molecule is CC(CN=C(N(C)C)N(C)C)N(C)c1ccccc1. The van der Waals surface area contributed by atoms with Gasteiger partial charge in [0.15, 0.2) is 5.96 Å². The van der Waals surface area contributed by atoms with Gasteiger partial charge in [0.05, 0.1) is 6.54 Å². The molecule has 0 radical (unpaired) electrons. The summed E-state index contributed by atoms with van der Waals surface area (Å²) in [5, 5.41) is 0. The van der Waals surface area contributed by atoms with Crippen LogP contribution in [0.4, 0.5) is 5.69 Å². The minimum Gasteiger partial charge on any atom is -0.370 e. The fourth-order valence-corrected chi connectivity index (χ4v) is 1.94. The number of hydrogen-bond donors (Lipinski definition) is 0. The van der Waals surface area contributed by atoms with Gasteiger partial charge in [-0.15, -0.1) is 0 Å². The fraction of sp³-hybridized carbons (Fsp3) is 0.533. The minimum atomic E-state index is 0.359. The molecule has 0 spiro atoms. The standard InChI is InChI=1S/C15H26N4/c1-13(12-16-15(17(2)3)18(4)5)19(6)14-10-8-7-9-11-14/h7-11,13H,12H2,1-6H3. The summed E-state index contributed by atoms with van der Waals surface area (Å²) in [6.45, 7) is 2.97. The lowest BCUT2D eigenvalue weighted by Gasteiger charge is -2.28. The molecule has 0 aliphatic rings. The Hall–Kier alpha value is -1.71. The lowest BCUT2D eigenvalue weighted by Crippen LogP contribution is -2.38. The summed E-state index contributed by atoms with van der Waals surface area (Å²) in [4.78, 5) is 11.0. The predicted molar refractivity (Wildman–Crippen MR) is 84.0 cm³/mol. The van der Waals surface area contributed by atoms with Crippen LogP contribution in [0.1, 0.15) is 6.92 Å². The second-order valence-corrected chi connectivity index (χ2v) is 5.23. The Morgan fingerprint density at radius 2 is 1.53 bits per heavy atom. The largest absolute Gasteiger partial charge is 0.370 e. The summed E-state index contributed by atoms with van der Waals surface area (Å²) in [5.74, 6) is 0.994. The lowest BCUT2D eigenvalue weighted by atomic mass is 10.2. The van der Waals surface area contributed by atoms with Crippen LogP contribution < -0.4 is 4.90 Å². The Bertz CT molecular complexity index is 388. The highest BCUT2D eigenvalue weighted by atomic mass is 15.3. The van der Waals surface area contributed by atoms with Gasteiger partial charge in [-0.25, -0.2) is 0 Å². The first-order chi connectivity index (χ1) is 8.93. The highest BCUT2D eigenvalue weighted by Gasteiger charge is 2.11. The average Bonchev–Trinajstić information content (AvgIpc) is 2.38. The van der Waals surface area contributed by atoms with E-state index in [1.165, 1.54) is 5.69 Å². The normalized spacial score (nSPS) is 11.7. The molecule has 0 aliphatic carbocycles. The molecule has 0 N–H and O–H groups in total. The van der Waals surface area contributed by atoms with E-state index < -0.39 is 0 Å². The first-order valence-corrected chi connectivity index (χ1v) is 6.60. The summed E-state index contributed by atoms with van der Waals surface area (Å²) in [5.41, 5.74) is 1.22. The van der Waals surface area contributed by atoms with Crippen molar-refractivity contribution in [2.24, 2.45) is 4.99 Å².